The van der Waals surface area contributed by atoms with Crippen molar-refractivity contribution in [1.29, 1.82) is 5.26 Å². The van der Waals surface area contributed by atoms with Crippen molar-refractivity contribution in [3.05, 3.63) is 367 Å². The van der Waals surface area contributed by atoms with Gasteiger partial charge in [-0.25, -0.2) is 24.4 Å². The van der Waals surface area contributed by atoms with Crippen molar-refractivity contribution < 1.29 is 104 Å². The molecule has 2 fully saturated rings. The van der Waals surface area contributed by atoms with E-state index in [1.165, 1.54) is 0 Å². The lowest BCUT2D eigenvalue weighted by atomic mass is 9.82. The molecule has 0 amide bonds. The molecule has 2 saturated carbocycles. The highest BCUT2D eigenvalue weighted by Crippen LogP contribution is 2.50. The third-order valence-corrected chi connectivity index (χ3v) is 28.4. The van der Waals surface area contributed by atoms with E-state index in [1.807, 2.05) is 146 Å². The van der Waals surface area contributed by atoms with Crippen molar-refractivity contribution in [3.8, 4) is 51.6 Å². The van der Waals surface area contributed by atoms with Crippen LogP contribution in [0, 0.1) is 41.6 Å². The molecule has 6 heterocycles. The van der Waals surface area contributed by atoms with Gasteiger partial charge in [-0.3, -0.25) is 47.5 Å². The molecule has 4 aromatic heterocycles. The van der Waals surface area contributed by atoms with Crippen LogP contribution < -0.4 is 38.8 Å². The zero-order chi connectivity index (χ0) is 104. The van der Waals surface area contributed by atoms with Crippen LogP contribution in [0.3, 0.4) is 0 Å². The minimum Gasteiger partial charge on any atom is -0.465 e. The number of carbonyl (C=O) groups excluding carboxylic acids is 10. The molecule has 148 heavy (non-hydrogen) atoms. The van der Waals surface area contributed by atoms with Gasteiger partial charge in [0.15, 0.2) is 0 Å². The van der Waals surface area contributed by atoms with E-state index in [4.69, 9.17) is 109 Å². The van der Waals surface area contributed by atoms with E-state index in [0.717, 1.165) is 23.3 Å². The Hall–Kier alpha value is -16.2. The number of nitrogens with zero attached hydrogens (tertiary/aromatic N) is 8. The van der Waals surface area contributed by atoms with Gasteiger partial charge in [-0.1, -0.05) is 157 Å². The summed E-state index contributed by atoms with van der Waals surface area (Å²) in [6, 6.07) is 76.9. The lowest BCUT2D eigenvalue weighted by Crippen LogP contribution is -2.70. The minimum atomic E-state index is -1.67. The summed E-state index contributed by atoms with van der Waals surface area (Å²) in [6.07, 6.45) is 6.23. The first-order valence-electron chi connectivity index (χ1n) is 48.3. The first-order valence-corrected chi connectivity index (χ1v) is 49.8. The smallest absolute Gasteiger partial charge is 0.330 e. The van der Waals surface area contributed by atoms with Crippen LogP contribution in [-0.4, -0.2) is 117 Å². The molecular weight excluding hydrogens is 1970 g/mol. The summed E-state index contributed by atoms with van der Waals surface area (Å²) >= 11 is 28.6. The number of esters is 10. The first kappa shape index (κ1) is 102. The Kier molecular flexibility index (Phi) is 30.8. The Bertz CT molecular complexity index is 7280. The summed E-state index contributed by atoms with van der Waals surface area (Å²) < 4.78 is 64.1. The van der Waals surface area contributed by atoms with E-state index in [9.17, 15) is 59.8 Å². The maximum Gasteiger partial charge on any atom is 0.330 e. The van der Waals surface area contributed by atoms with E-state index >= 15 is 0 Å². The molecule has 2 aliphatic heterocycles. The van der Waals surface area contributed by atoms with Crippen LogP contribution in [0.15, 0.2) is 280 Å². The third-order valence-electron chi connectivity index (χ3n) is 27.0. The molecule has 32 heteroatoms. The summed E-state index contributed by atoms with van der Waals surface area (Å²) in [5, 5.41) is 15.4. The number of ether oxygens (including phenoxy) is 10. The van der Waals surface area contributed by atoms with E-state index in [0.29, 0.717) is 175 Å². The summed E-state index contributed by atoms with van der Waals surface area (Å²) in [6.45, 7) is 19.5. The van der Waals surface area contributed by atoms with Crippen LogP contribution in [0.4, 0.5) is 0 Å². The van der Waals surface area contributed by atoms with Crippen molar-refractivity contribution in [3.63, 3.8) is 0 Å². The molecule has 2 unspecified atom stereocenters. The van der Waals surface area contributed by atoms with Crippen molar-refractivity contribution in [2.24, 2.45) is 23.7 Å². The molecule has 28 nitrogen and oxygen atoms in total. The summed E-state index contributed by atoms with van der Waals surface area (Å²) in [5.74, 6) is -7.11. The van der Waals surface area contributed by atoms with Crippen molar-refractivity contribution in [1.82, 2.24) is 19.1 Å². The predicted molar refractivity (Wildman–Crippen MR) is 548 cm³/mol. The topological polar surface area (TPSA) is 335 Å². The molecule has 14 aromatic rings. The van der Waals surface area contributed by atoms with Crippen LogP contribution in [0.25, 0.3) is 71.5 Å². The largest absolute Gasteiger partial charge is 0.465 e. The SMILES string of the molecule is [C-]#[N+]C1=c2c3c(-c4ccc(OC(=O)C5CCC(C(=O)Oc6ccc(CCOC(=O)CCC(=O)OCC(C)OC(=O)C=C)cc6)CC5)cc4)n4c(c3c(-c3ccc(OC(=O)C5CCC(C(=O)Oc6ccc(CCOC(=O)CCC(=O)OCC(C)OC(=O)C=C)cc6)CC5)cc3)n2C(c2ccccc2)(c2ccccc2)[n+]2c1cnc1cc(Cl)c(Cl)cc12)=C(C#N)c1cnc2cc(Cl)c(Cl)cc2[n+]1C4(c1ccccc1)c1ccccc1. The van der Waals surface area contributed by atoms with Crippen LogP contribution in [-0.2, 0) is 101 Å². The highest BCUT2D eigenvalue weighted by Gasteiger charge is 2.60. The molecule has 0 saturated heterocycles. The highest BCUT2D eigenvalue weighted by atomic mass is 35.5. The van der Waals surface area contributed by atoms with Gasteiger partial charge in [0.2, 0.25) is 22.4 Å². The summed E-state index contributed by atoms with van der Waals surface area (Å²) in [7, 11) is 0. The fraction of sp³-hybridized carbons (Fsp3) is 0.241. The third kappa shape index (κ3) is 20.8. The second-order valence-corrected chi connectivity index (χ2v) is 38.0. The van der Waals surface area contributed by atoms with E-state index in [2.05, 4.69) is 37.5 Å². The molecule has 746 valence electrons. The lowest BCUT2D eigenvalue weighted by molar-refractivity contribution is -0.730. The summed E-state index contributed by atoms with van der Waals surface area (Å²) in [5.41, 5.74) is 5.62. The maximum absolute atomic E-state index is 14.8. The minimum absolute atomic E-state index is 0.0217. The number of hydrogen-bond acceptors (Lipinski definition) is 23. The van der Waals surface area contributed by atoms with Crippen LogP contribution in [0.2, 0.25) is 20.1 Å². The fourth-order valence-corrected chi connectivity index (χ4v) is 20.6. The van der Waals surface area contributed by atoms with Crippen molar-refractivity contribution in [2.75, 3.05) is 26.4 Å². The normalized spacial score (nSPS) is 16.0. The number of carbonyl (C=O) groups is 10. The van der Waals surface area contributed by atoms with E-state index in [-0.39, 0.29) is 95.0 Å². The van der Waals surface area contributed by atoms with Gasteiger partial charge in [-0.2, -0.15) is 14.4 Å². The van der Waals surface area contributed by atoms with E-state index < -0.39 is 107 Å². The monoisotopic (exact) mass is 2060 g/mol. The van der Waals surface area contributed by atoms with Crippen LogP contribution in [0.5, 0.6) is 23.0 Å². The molecule has 0 radical (unpaired) electrons. The quantitative estimate of drug-likeness (QED) is 0.00903. The zero-order valence-corrected chi connectivity index (χ0v) is 83.3. The number of halogens is 4. The van der Waals surface area contributed by atoms with Gasteiger partial charge < -0.3 is 47.4 Å². The standard InChI is InChI=1S/C116H96Cl4N8O20/c1-6-98(129)143-69(3)67-141-102(133)54-52-100(131)139-58-56-71-28-44-83(45-29-71)145-111(135)75-32-36-77(37-33-75)113(137)147-85-48-40-73(41-49-85)107-104-105(110-106(122-5)97-66-124-93-61-89(118)91(120)63-95(93)126(97)116(128(107)110,81-24-16-10-17-25-81)82-26-18-11-19-27-82)108(127-109(104)87(64-121)96-65-123-92-60-88(117)90(119)62-94(92)125(96)115(127,79-20-12-8-13-21-79)80-22-14-9-15-23-80)74-42-50-86(51-43-74)148-114(138)78-38-34-76(35-39-78)112(136)146-84-46-30-72(31-47-84)57-59-140-101(132)53-55-103(134)142-68-70(4)144-99(130)7-2/h6-31,40-51,60-63,65-66,69-70,75-78H,1-2,32-39,52-59,67-68H2,3-4H3/q+2. The second-order valence-electron chi connectivity index (χ2n) is 36.4. The van der Waals surface area contributed by atoms with Gasteiger partial charge in [0, 0.05) is 47.9 Å². The Morgan fingerprint density at radius 2 is 0.736 bits per heavy atom. The Morgan fingerprint density at radius 3 is 1.07 bits per heavy atom. The Balaban J connectivity index is 0.695. The first-order chi connectivity index (χ1) is 71.8. The maximum atomic E-state index is 14.8. The Morgan fingerprint density at radius 1 is 0.432 bits per heavy atom. The van der Waals surface area contributed by atoms with Gasteiger partial charge in [0.05, 0.1) is 140 Å². The zero-order valence-electron chi connectivity index (χ0n) is 80.3. The van der Waals surface area contributed by atoms with Crippen LogP contribution in [0.1, 0.15) is 136 Å². The number of rotatable bonds is 34. The summed E-state index contributed by atoms with van der Waals surface area (Å²) in [4.78, 5) is 145. The second kappa shape index (κ2) is 44.8. The molecule has 0 bridgehead atoms. The number of nitriles is 1. The van der Waals surface area contributed by atoms with Gasteiger partial charge in [-0.05, 0) is 221 Å². The molecule has 18 rings (SSSR count). The average Bonchev–Trinajstić information content (AvgIpc) is 1.47. The molecule has 10 aromatic carbocycles. The molecule has 2 aliphatic carbocycles. The van der Waals surface area contributed by atoms with Crippen molar-refractivity contribution >= 4 is 150 Å². The fourth-order valence-electron chi connectivity index (χ4n) is 20.0. The molecule has 2 atom stereocenters. The van der Waals surface area contributed by atoms with E-state index in [1.54, 1.807) is 123 Å². The van der Waals surface area contributed by atoms with Gasteiger partial charge in [0.1, 0.15) is 77.3 Å². The molecular formula is C116H96Cl4N8O20+2. The number of aromatic nitrogens is 6. The number of fused-ring (bicyclic) bond motifs is 11. The van der Waals surface area contributed by atoms with Gasteiger partial charge >= 0.3 is 65.4 Å². The molecule has 4 aliphatic rings. The number of hydrogen-bond donors (Lipinski definition) is 0. The lowest BCUT2D eigenvalue weighted by Gasteiger charge is -2.38. The number of benzene rings is 10. The Labute approximate surface area is 869 Å². The molecule has 0 spiro atoms. The van der Waals surface area contributed by atoms with Gasteiger partial charge in [-0.15, -0.1) is 0 Å². The predicted octanol–water partition coefficient (Wildman–Crippen LogP) is 18.8. The average molecular weight is 2060 g/mol. The molecule has 0 N–H and O–H groups in total. The highest BCUT2D eigenvalue weighted by molar-refractivity contribution is 6.43. The van der Waals surface area contributed by atoms with Crippen molar-refractivity contribution in [2.45, 2.75) is 127 Å². The van der Waals surface area contributed by atoms with Crippen LogP contribution >= 0.6 is 46.4 Å². The van der Waals surface area contributed by atoms with Gasteiger partial charge in [0.25, 0.3) is 11.4 Å².